The van der Waals surface area contributed by atoms with Crippen LogP contribution in [0.15, 0.2) is 16.7 Å². The molecule has 100 valence electrons. The zero-order valence-electron chi connectivity index (χ0n) is 10.6. The van der Waals surface area contributed by atoms with Gasteiger partial charge in [0.25, 0.3) is 5.91 Å². The molecule has 0 aliphatic heterocycles. The molecular formula is C12H18BrN3OS. The van der Waals surface area contributed by atoms with Crippen LogP contribution in [0.3, 0.4) is 0 Å². The number of halogens is 1. The van der Waals surface area contributed by atoms with Gasteiger partial charge in [-0.15, -0.1) is 0 Å². The van der Waals surface area contributed by atoms with Crippen LogP contribution in [0.25, 0.3) is 0 Å². The van der Waals surface area contributed by atoms with E-state index < -0.39 is 0 Å². The Morgan fingerprint density at radius 3 is 3.00 bits per heavy atom. The van der Waals surface area contributed by atoms with Gasteiger partial charge in [0.15, 0.2) is 0 Å². The molecule has 0 aromatic carbocycles. The van der Waals surface area contributed by atoms with Crippen LogP contribution in [-0.2, 0) is 0 Å². The number of anilines is 1. The number of hydrogen-bond acceptors (Lipinski definition) is 4. The Kier molecular flexibility index (Phi) is 7.12. The lowest BCUT2D eigenvalue weighted by Crippen LogP contribution is -2.26. The molecule has 4 nitrogen and oxygen atoms in total. The van der Waals surface area contributed by atoms with E-state index in [4.69, 9.17) is 0 Å². The first kappa shape index (κ1) is 15.3. The van der Waals surface area contributed by atoms with Gasteiger partial charge in [-0.1, -0.05) is 0 Å². The fourth-order valence-corrected chi connectivity index (χ4v) is 2.20. The fraction of sp³-hybridized carbons (Fsp3) is 0.500. The number of carbonyl (C=O) groups is 1. The summed E-state index contributed by atoms with van der Waals surface area (Å²) in [6.45, 7) is 3.41. The van der Waals surface area contributed by atoms with Crippen molar-refractivity contribution in [3.63, 3.8) is 0 Å². The summed E-state index contributed by atoms with van der Waals surface area (Å²) in [7, 11) is 0. The molecular weight excluding hydrogens is 314 g/mol. The highest BCUT2D eigenvalue weighted by Crippen LogP contribution is 2.17. The molecule has 18 heavy (non-hydrogen) atoms. The maximum atomic E-state index is 12.0. The highest BCUT2D eigenvalue weighted by Gasteiger charge is 2.12. The Balaban J connectivity index is 2.67. The molecule has 0 atom stereocenters. The second kappa shape index (κ2) is 8.37. The Bertz CT molecular complexity index is 401. The van der Waals surface area contributed by atoms with Gasteiger partial charge in [0.05, 0.1) is 5.56 Å². The molecule has 2 N–H and O–H groups in total. The summed E-state index contributed by atoms with van der Waals surface area (Å²) < 4.78 is 0.804. The number of pyridine rings is 1. The van der Waals surface area contributed by atoms with Crippen LogP contribution >= 0.6 is 27.7 Å². The molecule has 0 fully saturated rings. The quantitative estimate of drug-likeness (QED) is 0.754. The van der Waals surface area contributed by atoms with Crippen LogP contribution in [-0.4, -0.2) is 36.0 Å². The van der Waals surface area contributed by atoms with E-state index in [1.165, 1.54) is 0 Å². The van der Waals surface area contributed by atoms with Crippen molar-refractivity contribution >= 4 is 39.4 Å². The standard InChI is InChI=1S/C12H18BrN3OS/c1-3-14-11-10(7-9(13)8-16-11)12(17)15-5-4-6-18-2/h7-8H,3-6H2,1-2H3,(H,14,16)(H,15,17). The van der Waals surface area contributed by atoms with Crippen molar-refractivity contribution in [2.75, 3.05) is 30.4 Å². The number of thioether (sulfide) groups is 1. The van der Waals surface area contributed by atoms with Crippen molar-refractivity contribution in [1.82, 2.24) is 10.3 Å². The predicted molar refractivity (Wildman–Crippen MR) is 81.4 cm³/mol. The van der Waals surface area contributed by atoms with E-state index in [1.807, 2.05) is 6.92 Å². The normalized spacial score (nSPS) is 10.2. The Morgan fingerprint density at radius 2 is 2.33 bits per heavy atom. The molecule has 6 heteroatoms. The van der Waals surface area contributed by atoms with E-state index in [-0.39, 0.29) is 5.91 Å². The lowest BCUT2D eigenvalue weighted by molar-refractivity contribution is 0.0954. The second-order valence-corrected chi connectivity index (χ2v) is 5.58. The van der Waals surface area contributed by atoms with Gasteiger partial charge in [-0.05, 0) is 47.3 Å². The lowest BCUT2D eigenvalue weighted by atomic mass is 10.2. The van der Waals surface area contributed by atoms with Gasteiger partial charge >= 0.3 is 0 Å². The molecule has 1 heterocycles. The van der Waals surface area contributed by atoms with E-state index in [2.05, 4.69) is 37.8 Å². The molecule has 1 amide bonds. The van der Waals surface area contributed by atoms with Gasteiger partial charge < -0.3 is 10.6 Å². The maximum Gasteiger partial charge on any atom is 0.255 e. The minimum atomic E-state index is -0.0825. The molecule has 1 aromatic heterocycles. The highest BCUT2D eigenvalue weighted by molar-refractivity contribution is 9.10. The smallest absolute Gasteiger partial charge is 0.255 e. The van der Waals surface area contributed by atoms with Crippen LogP contribution in [0.4, 0.5) is 5.82 Å². The zero-order valence-corrected chi connectivity index (χ0v) is 13.0. The number of nitrogens with one attached hydrogen (secondary N) is 2. The summed E-state index contributed by atoms with van der Waals surface area (Å²) in [5.74, 6) is 1.60. The summed E-state index contributed by atoms with van der Waals surface area (Å²) in [5, 5.41) is 6.00. The molecule has 0 aliphatic rings. The van der Waals surface area contributed by atoms with Crippen molar-refractivity contribution in [2.45, 2.75) is 13.3 Å². The van der Waals surface area contributed by atoms with Gasteiger partial charge in [-0.25, -0.2) is 4.98 Å². The van der Waals surface area contributed by atoms with Crippen LogP contribution in [0.2, 0.25) is 0 Å². The summed E-state index contributed by atoms with van der Waals surface area (Å²) in [6.07, 6.45) is 4.72. The average molecular weight is 332 g/mol. The van der Waals surface area contributed by atoms with Crippen molar-refractivity contribution in [3.8, 4) is 0 Å². The maximum absolute atomic E-state index is 12.0. The molecule has 0 saturated heterocycles. The monoisotopic (exact) mass is 331 g/mol. The number of aromatic nitrogens is 1. The van der Waals surface area contributed by atoms with Crippen molar-refractivity contribution < 1.29 is 4.79 Å². The number of rotatable bonds is 7. The Morgan fingerprint density at radius 1 is 1.56 bits per heavy atom. The van der Waals surface area contributed by atoms with Gasteiger partial charge in [0.1, 0.15) is 5.82 Å². The first-order chi connectivity index (χ1) is 8.69. The van der Waals surface area contributed by atoms with Crippen molar-refractivity contribution in [1.29, 1.82) is 0 Å². The topological polar surface area (TPSA) is 54.0 Å². The van der Waals surface area contributed by atoms with Gasteiger partial charge in [0.2, 0.25) is 0 Å². The summed E-state index contributed by atoms with van der Waals surface area (Å²) in [6, 6.07) is 1.79. The van der Waals surface area contributed by atoms with E-state index in [9.17, 15) is 4.79 Å². The number of hydrogen-bond donors (Lipinski definition) is 2. The second-order valence-electron chi connectivity index (χ2n) is 3.68. The SMILES string of the molecule is CCNc1ncc(Br)cc1C(=O)NCCCSC. The van der Waals surface area contributed by atoms with Crippen LogP contribution in [0.1, 0.15) is 23.7 Å². The first-order valence-corrected chi connectivity index (χ1v) is 8.04. The summed E-state index contributed by atoms with van der Waals surface area (Å²) >= 11 is 5.11. The van der Waals surface area contributed by atoms with Crippen LogP contribution in [0, 0.1) is 0 Å². The van der Waals surface area contributed by atoms with Gasteiger partial charge in [-0.3, -0.25) is 4.79 Å². The van der Waals surface area contributed by atoms with Crippen LogP contribution in [0.5, 0.6) is 0 Å². The minimum Gasteiger partial charge on any atom is -0.370 e. The summed E-state index contributed by atoms with van der Waals surface area (Å²) in [5.41, 5.74) is 0.579. The number of carbonyl (C=O) groups excluding carboxylic acids is 1. The third-order valence-corrected chi connectivity index (χ3v) is 3.38. The summed E-state index contributed by atoms with van der Waals surface area (Å²) in [4.78, 5) is 16.2. The first-order valence-electron chi connectivity index (χ1n) is 5.85. The zero-order chi connectivity index (χ0) is 13.4. The molecule has 0 unspecified atom stereocenters. The van der Waals surface area contributed by atoms with Crippen molar-refractivity contribution in [3.05, 3.63) is 22.3 Å². The highest BCUT2D eigenvalue weighted by atomic mass is 79.9. The Hall–Kier alpha value is -0.750. The van der Waals surface area contributed by atoms with E-state index in [0.29, 0.717) is 17.9 Å². The Labute approximate surface area is 120 Å². The van der Waals surface area contributed by atoms with E-state index in [0.717, 1.165) is 23.2 Å². The third-order valence-electron chi connectivity index (χ3n) is 2.25. The lowest BCUT2D eigenvalue weighted by Gasteiger charge is -2.10. The molecule has 0 radical (unpaired) electrons. The third kappa shape index (κ3) is 4.86. The fourth-order valence-electron chi connectivity index (χ4n) is 1.43. The molecule has 1 rings (SSSR count). The molecule has 1 aromatic rings. The van der Waals surface area contributed by atoms with Crippen LogP contribution < -0.4 is 10.6 Å². The van der Waals surface area contributed by atoms with E-state index >= 15 is 0 Å². The van der Waals surface area contributed by atoms with E-state index in [1.54, 1.807) is 24.0 Å². The molecule has 0 aliphatic carbocycles. The van der Waals surface area contributed by atoms with Crippen molar-refractivity contribution in [2.24, 2.45) is 0 Å². The number of nitrogens with zero attached hydrogens (tertiary/aromatic N) is 1. The predicted octanol–water partition coefficient (Wildman–Crippen LogP) is 2.76. The average Bonchev–Trinajstić information content (AvgIpc) is 2.37. The largest absolute Gasteiger partial charge is 0.370 e. The molecule has 0 saturated carbocycles. The molecule has 0 bridgehead atoms. The van der Waals surface area contributed by atoms with Gasteiger partial charge in [-0.2, -0.15) is 11.8 Å². The number of amides is 1. The molecule has 0 spiro atoms. The van der Waals surface area contributed by atoms with Gasteiger partial charge in [0, 0.05) is 23.8 Å². The minimum absolute atomic E-state index is 0.0825.